The Kier molecular flexibility index (Phi) is 5.07. The number of aliphatic hydroxyl groups excluding tert-OH is 1. The van der Waals surface area contributed by atoms with Crippen molar-refractivity contribution in [1.29, 1.82) is 0 Å². The third-order valence-electron chi connectivity index (χ3n) is 4.32. The molecule has 1 saturated carbocycles. The van der Waals surface area contributed by atoms with Crippen LogP contribution >= 0.6 is 0 Å². The predicted octanol–water partition coefficient (Wildman–Crippen LogP) is 2.69. The fraction of sp³-hybridized carbons (Fsp3) is 1.00. The Morgan fingerprint density at radius 2 is 1.73 bits per heavy atom. The molecule has 15 heavy (non-hydrogen) atoms. The van der Waals surface area contributed by atoms with Gasteiger partial charge in [0.05, 0.1) is 6.10 Å². The van der Waals surface area contributed by atoms with Crippen LogP contribution in [0.5, 0.6) is 0 Å². The number of rotatable bonds is 4. The van der Waals surface area contributed by atoms with E-state index < -0.39 is 0 Å². The van der Waals surface area contributed by atoms with Crippen molar-refractivity contribution >= 4 is 0 Å². The van der Waals surface area contributed by atoms with E-state index in [0.29, 0.717) is 12.5 Å². The Bertz CT molecular complexity index is 173. The lowest BCUT2D eigenvalue weighted by Gasteiger charge is -2.39. The van der Waals surface area contributed by atoms with Crippen LogP contribution in [-0.4, -0.2) is 17.8 Å². The molecule has 0 aromatic heterocycles. The molecule has 1 rings (SSSR count). The summed E-state index contributed by atoms with van der Waals surface area (Å²) in [5, 5.41) is 10.4. The molecular weight excluding hydrogens is 186 g/mol. The lowest BCUT2D eigenvalue weighted by molar-refractivity contribution is -0.0203. The molecular formula is C13H27NO. The number of hydrogen-bond acceptors (Lipinski definition) is 2. The van der Waals surface area contributed by atoms with Crippen molar-refractivity contribution in [2.24, 2.45) is 17.1 Å². The molecule has 1 fully saturated rings. The van der Waals surface area contributed by atoms with Crippen molar-refractivity contribution in [1.82, 2.24) is 0 Å². The second-order valence-corrected chi connectivity index (χ2v) is 5.31. The van der Waals surface area contributed by atoms with Gasteiger partial charge in [-0.3, -0.25) is 0 Å². The summed E-state index contributed by atoms with van der Waals surface area (Å²) in [6, 6.07) is 0. The molecule has 90 valence electrons. The minimum absolute atomic E-state index is 0.0198. The zero-order valence-electron chi connectivity index (χ0n) is 10.3. The van der Waals surface area contributed by atoms with E-state index in [0.717, 1.165) is 19.3 Å². The zero-order valence-corrected chi connectivity index (χ0v) is 10.3. The van der Waals surface area contributed by atoms with Crippen molar-refractivity contribution in [3.63, 3.8) is 0 Å². The van der Waals surface area contributed by atoms with Crippen LogP contribution in [0.1, 0.15) is 58.8 Å². The molecule has 2 heteroatoms. The number of nitrogens with two attached hydrogens (primary N) is 1. The summed E-state index contributed by atoms with van der Waals surface area (Å²) in [6.07, 6.45) is 8.19. The maximum absolute atomic E-state index is 10.4. The average Bonchev–Trinajstić information content (AvgIpc) is 2.53. The SMILES string of the molecule is CCC(C)C(O)C1(CN)CCCCCC1. The molecule has 0 spiro atoms. The normalized spacial score (nSPS) is 25.6. The van der Waals surface area contributed by atoms with E-state index in [-0.39, 0.29) is 11.5 Å². The first-order valence-corrected chi connectivity index (χ1v) is 6.54. The van der Waals surface area contributed by atoms with Gasteiger partial charge in [0.1, 0.15) is 0 Å². The Morgan fingerprint density at radius 1 is 1.20 bits per heavy atom. The van der Waals surface area contributed by atoms with Gasteiger partial charge in [-0.15, -0.1) is 0 Å². The van der Waals surface area contributed by atoms with Crippen molar-refractivity contribution in [3.8, 4) is 0 Å². The fourth-order valence-electron chi connectivity index (χ4n) is 2.88. The van der Waals surface area contributed by atoms with E-state index in [1.165, 1.54) is 25.7 Å². The fourth-order valence-corrected chi connectivity index (χ4v) is 2.88. The lowest BCUT2D eigenvalue weighted by Crippen LogP contribution is -2.44. The van der Waals surface area contributed by atoms with Gasteiger partial charge in [0.15, 0.2) is 0 Å². The molecule has 0 aliphatic heterocycles. The average molecular weight is 213 g/mol. The summed E-state index contributed by atoms with van der Waals surface area (Å²) in [4.78, 5) is 0. The summed E-state index contributed by atoms with van der Waals surface area (Å²) >= 11 is 0. The van der Waals surface area contributed by atoms with E-state index in [1.54, 1.807) is 0 Å². The summed E-state index contributed by atoms with van der Waals surface area (Å²) in [5.74, 6) is 0.381. The topological polar surface area (TPSA) is 46.2 Å². The molecule has 0 radical (unpaired) electrons. The summed E-state index contributed by atoms with van der Waals surface area (Å²) in [6.45, 7) is 4.94. The van der Waals surface area contributed by atoms with E-state index in [1.807, 2.05) is 0 Å². The summed E-state index contributed by atoms with van der Waals surface area (Å²) in [5.41, 5.74) is 5.96. The van der Waals surface area contributed by atoms with Gasteiger partial charge in [-0.2, -0.15) is 0 Å². The van der Waals surface area contributed by atoms with Gasteiger partial charge in [0.25, 0.3) is 0 Å². The first kappa shape index (κ1) is 13.0. The largest absolute Gasteiger partial charge is 0.392 e. The maximum Gasteiger partial charge on any atom is 0.0633 e. The van der Waals surface area contributed by atoms with E-state index in [4.69, 9.17) is 5.73 Å². The van der Waals surface area contributed by atoms with Crippen molar-refractivity contribution in [2.75, 3.05) is 6.54 Å². The second-order valence-electron chi connectivity index (χ2n) is 5.31. The van der Waals surface area contributed by atoms with Crippen LogP contribution in [0, 0.1) is 11.3 Å². The van der Waals surface area contributed by atoms with Gasteiger partial charge in [-0.1, -0.05) is 46.0 Å². The van der Waals surface area contributed by atoms with Gasteiger partial charge < -0.3 is 10.8 Å². The smallest absolute Gasteiger partial charge is 0.0633 e. The third kappa shape index (κ3) is 2.94. The van der Waals surface area contributed by atoms with Gasteiger partial charge >= 0.3 is 0 Å². The molecule has 1 aliphatic carbocycles. The maximum atomic E-state index is 10.4. The van der Waals surface area contributed by atoms with Gasteiger partial charge in [-0.25, -0.2) is 0 Å². The molecule has 3 N–H and O–H groups in total. The quantitative estimate of drug-likeness (QED) is 0.705. The Balaban J connectivity index is 2.71. The molecule has 2 nitrogen and oxygen atoms in total. The minimum Gasteiger partial charge on any atom is -0.392 e. The number of hydrogen-bond donors (Lipinski definition) is 2. The van der Waals surface area contributed by atoms with Crippen LogP contribution < -0.4 is 5.73 Å². The molecule has 0 heterocycles. The van der Waals surface area contributed by atoms with Crippen LogP contribution in [0.4, 0.5) is 0 Å². The monoisotopic (exact) mass is 213 g/mol. The first-order valence-electron chi connectivity index (χ1n) is 6.54. The molecule has 0 aromatic carbocycles. The van der Waals surface area contributed by atoms with Crippen LogP contribution in [0.3, 0.4) is 0 Å². The van der Waals surface area contributed by atoms with Crippen molar-refractivity contribution < 1.29 is 5.11 Å². The van der Waals surface area contributed by atoms with Crippen LogP contribution in [-0.2, 0) is 0 Å². The zero-order chi connectivity index (χ0) is 11.3. The van der Waals surface area contributed by atoms with Gasteiger partial charge in [0, 0.05) is 12.0 Å². The predicted molar refractivity (Wildman–Crippen MR) is 64.7 cm³/mol. The molecule has 0 saturated heterocycles. The second kappa shape index (κ2) is 5.86. The highest BCUT2D eigenvalue weighted by atomic mass is 16.3. The molecule has 0 aromatic rings. The van der Waals surface area contributed by atoms with E-state index >= 15 is 0 Å². The molecule has 2 unspecified atom stereocenters. The van der Waals surface area contributed by atoms with Crippen LogP contribution in [0.2, 0.25) is 0 Å². The molecule has 1 aliphatic rings. The minimum atomic E-state index is -0.203. The van der Waals surface area contributed by atoms with Crippen molar-refractivity contribution in [2.45, 2.75) is 64.9 Å². The van der Waals surface area contributed by atoms with Crippen LogP contribution in [0.15, 0.2) is 0 Å². The Morgan fingerprint density at radius 3 is 2.13 bits per heavy atom. The Labute approximate surface area is 94.2 Å². The third-order valence-corrected chi connectivity index (χ3v) is 4.32. The first-order chi connectivity index (χ1) is 7.16. The highest BCUT2D eigenvalue weighted by Gasteiger charge is 2.38. The van der Waals surface area contributed by atoms with Crippen LogP contribution in [0.25, 0.3) is 0 Å². The van der Waals surface area contributed by atoms with E-state index in [9.17, 15) is 5.11 Å². The number of aliphatic hydroxyl groups is 1. The molecule has 0 bridgehead atoms. The van der Waals surface area contributed by atoms with Gasteiger partial charge in [0.2, 0.25) is 0 Å². The lowest BCUT2D eigenvalue weighted by atomic mass is 9.71. The highest BCUT2D eigenvalue weighted by molar-refractivity contribution is 4.91. The van der Waals surface area contributed by atoms with E-state index in [2.05, 4.69) is 13.8 Å². The van der Waals surface area contributed by atoms with Crippen molar-refractivity contribution in [3.05, 3.63) is 0 Å². The van der Waals surface area contributed by atoms with Gasteiger partial charge in [-0.05, 0) is 18.8 Å². The summed E-state index contributed by atoms with van der Waals surface area (Å²) in [7, 11) is 0. The standard InChI is InChI=1S/C13H27NO/c1-3-11(2)12(15)13(10-14)8-6-4-5-7-9-13/h11-12,15H,3-10,14H2,1-2H3. The Hall–Kier alpha value is -0.0800. The molecule has 2 atom stereocenters. The highest BCUT2D eigenvalue weighted by Crippen LogP contribution is 2.40. The molecule has 0 amide bonds. The summed E-state index contributed by atoms with van der Waals surface area (Å²) < 4.78 is 0.